The first-order chi connectivity index (χ1) is 16.2. The van der Waals surface area contributed by atoms with E-state index in [9.17, 15) is 4.79 Å². The van der Waals surface area contributed by atoms with Gasteiger partial charge in [0.05, 0.1) is 18.5 Å². The Morgan fingerprint density at radius 3 is 2.82 bits per heavy atom. The minimum atomic E-state index is -0.255. The van der Waals surface area contributed by atoms with Crippen LogP contribution >= 0.6 is 11.3 Å². The Balaban J connectivity index is 1.26. The van der Waals surface area contributed by atoms with Gasteiger partial charge < -0.3 is 13.9 Å². The molecule has 0 spiro atoms. The van der Waals surface area contributed by atoms with Gasteiger partial charge in [-0.3, -0.25) is 10.1 Å². The van der Waals surface area contributed by atoms with Gasteiger partial charge in [0.2, 0.25) is 0 Å². The Bertz CT molecular complexity index is 1390. The summed E-state index contributed by atoms with van der Waals surface area (Å²) in [4.78, 5) is 21.8. The lowest BCUT2D eigenvalue weighted by Gasteiger charge is -2.07. The quantitative estimate of drug-likeness (QED) is 0.360. The second kappa shape index (κ2) is 9.13. The molecule has 0 aliphatic carbocycles. The number of nitrogens with one attached hydrogen (secondary N) is 1. The number of nitrogens with zero attached hydrogens (tertiary/aromatic N) is 3. The van der Waals surface area contributed by atoms with E-state index in [0.717, 1.165) is 28.3 Å². The number of benzene rings is 2. The number of ether oxygens (including phenoxy) is 2. The van der Waals surface area contributed by atoms with Gasteiger partial charge in [0.25, 0.3) is 5.91 Å². The summed E-state index contributed by atoms with van der Waals surface area (Å²) in [5, 5.41) is 5.26. The van der Waals surface area contributed by atoms with Crippen molar-refractivity contribution in [3.63, 3.8) is 0 Å². The molecule has 3 heterocycles. The van der Waals surface area contributed by atoms with Crippen molar-refractivity contribution in [2.75, 3.05) is 12.4 Å². The first-order valence-corrected chi connectivity index (χ1v) is 11.1. The molecule has 0 bridgehead atoms. The summed E-state index contributed by atoms with van der Waals surface area (Å²) >= 11 is 1.36. The smallest absolute Gasteiger partial charge is 0.257 e. The van der Waals surface area contributed by atoms with Crippen molar-refractivity contribution in [1.29, 1.82) is 0 Å². The number of para-hydroxylation sites is 1. The fourth-order valence-electron chi connectivity index (χ4n) is 3.42. The van der Waals surface area contributed by atoms with Crippen LogP contribution in [0, 0.1) is 0 Å². The molecule has 7 nitrogen and oxygen atoms in total. The van der Waals surface area contributed by atoms with Crippen LogP contribution in [-0.2, 0) is 6.61 Å². The summed E-state index contributed by atoms with van der Waals surface area (Å²) < 4.78 is 13.2. The van der Waals surface area contributed by atoms with Crippen LogP contribution in [-0.4, -0.2) is 27.4 Å². The molecule has 8 heteroatoms. The van der Waals surface area contributed by atoms with Crippen LogP contribution in [0.15, 0.2) is 84.5 Å². The molecule has 0 saturated heterocycles. The predicted octanol–water partition coefficient (Wildman–Crippen LogP) is 5.30. The van der Waals surface area contributed by atoms with Crippen LogP contribution < -0.4 is 14.8 Å². The standard InChI is InChI=1S/C25H20N4O3S/c1-31-22-10-3-2-9-20(22)21-16-33-25(27-21)28-24(30)17-7-6-8-19(13-17)32-15-18-14-29-12-5-4-11-23(29)26-18/h2-14,16H,15H2,1H3,(H,27,28,30). The highest BCUT2D eigenvalue weighted by atomic mass is 32.1. The van der Waals surface area contributed by atoms with Crippen molar-refractivity contribution in [2.45, 2.75) is 6.61 Å². The number of methoxy groups -OCH3 is 1. The molecule has 0 aliphatic heterocycles. The maximum absolute atomic E-state index is 12.8. The Kier molecular flexibility index (Phi) is 5.73. The first-order valence-electron chi connectivity index (χ1n) is 10.3. The van der Waals surface area contributed by atoms with Crippen LogP contribution in [0.2, 0.25) is 0 Å². The fraction of sp³-hybridized carbons (Fsp3) is 0.0800. The summed E-state index contributed by atoms with van der Waals surface area (Å²) in [6, 6.07) is 20.5. The van der Waals surface area contributed by atoms with E-state index >= 15 is 0 Å². The molecule has 33 heavy (non-hydrogen) atoms. The van der Waals surface area contributed by atoms with Crippen LogP contribution in [0.25, 0.3) is 16.9 Å². The summed E-state index contributed by atoms with van der Waals surface area (Å²) in [5.74, 6) is 1.07. The first kappa shape index (κ1) is 20.7. The van der Waals surface area contributed by atoms with Crippen molar-refractivity contribution >= 4 is 28.0 Å². The number of thiazole rings is 1. The average Bonchev–Trinajstić information content (AvgIpc) is 3.49. The van der Waals surface area contributed by atoms with Crippen molar-refractivity contribution in [3.05, 3.63) is 95.8 Å². The third-order valence-corrected chi connectivity index (χ3v) is 5.76. The number of rotatable bonds is 7. The predicted molar refractivity (Wildman–Crippen MR) is 128 cm³/mol. The molecule has 0 unspecified atom stereocenters. The number of hydrogen-bond acceptors (Lipinski definition) is 6. The van der Waals surface area contributed by atoms with Crippen molar-refractivity contribution < 1.29 is 14.3 Å². The second-order valence-electron chi connectivity index (χ2n) is 7.21. The number of hydrogen-bond donors (Lipinski definition) is 1. The molecule has 0 atom stereocenters. The highest BCUT2D eigenvalue weighted by molar-refractivity contribution is 7.14. The lowest BCUT2D eigenvalue weighted by molar-refractivity contribution is 0.102. The Labute approximate surface area is 194 Å². The van der Waals surface area contributed by atoms with Gasteiger partial charge in [-0.25, -0.2) is 9.97 Å². The highest BCUT2D eigenvalue weighted by Gasteiger charge is 2.13. The Morgan fingerprint density at radius 2 is 1.94 bits per heavy atom. The molecule has 2 aromatic carbocycles. The van der Waals surface area contributed by atoms with E-state index in [4.69, 9.17) is 9.47 Å². The van der Waals surface area contributed by atoms with Gasteiger partial charge in [-0.1, -0.05) is 24.3 Å². The molecule has 3 aromatic heterocycles. The topological polar surface area (TPSA) is 77.8 Å². The summed E-state index contributed by atoms with van der Waals surface area (Å²) in [5.41, 5.74) is 3.77. The van der Waals surface area contributed by atoms with E-state index < -0.39 is 0 Å². The summed E-state index contributed by atoms with van der Waals surface area (Å²) in [6.45, 7) is 0.307. The SMILES string of the molecule is COc1ccccc1-c1csc(NC(=O)c2cccc(OCc3cn4ccccc4n3)c2)n1. The Morgan fingerprint density at radius 1 is 1.06 bits per heavy atom. The van der Waals surface area contributed by atoms with E-state index in [-0.39, 0.29) is 5.91 Å². The molecule has 0 saturated carbocycles. The van der Waals surface area contributed by atoms with Gasteiger partial charge in [-0.15, -0.1) is 11.3 Å². The fourth-order valence-corrected chi connectivity index (χ4v) is 4.13. The zero-order valence-corrected chi connectivity index (χ0v) is 18.6. The molecule has 0 aliphatic rings. The number of amides is 1. The lowest BCUT2D eigenvalue weighted by atomic mass is 10.1. The molecular formula is C25H20N4O3S. The molecule has 5 rings (SSSR count). The molecular weight excluding hydrogens is 436 g/mol. The maximum Gasteiger partial charge on any atom is 0.257 e. The molecule has 1 amide bonds. The van der Waals surface area contributed by atoms with Crippen LogP contribution in [0.4, 0.5) is 5.13 Å². The summed E-state index contributed by atoms with van der Waals surface area (Å²) in [7, 11) is 1.62. The molecule has 5 aromatic rings. The monoisotopic (exact) mass is 456 g/mol. The van der Waals surface area contributed by atoms with E-state index in [0.29, 0.717) is 23.1 Å². The number of anilines is 1. The van der Waals surface area contributed by atoms with Crippen LogP contribution in [0.1, 0.15) is 16.1 Å². The molecule has 164 valence electrons. The maximum atomic E-state index is 12.8. The number of carbonyl (C=O) groups excluding carboxylic acids is 1. The van der Waals surface area contributed by atoms with Crippen molar-refractivity contribution in [3.8, 4) is 22.8 Å². The lowest BCUT2D eigenvalue weighted by Crippen LogP contribution is -2.11. The van der Waals surface area contributed by atoms with E-state index in [1.54, 1.807) is 25.3 Å². The zero-order valence-electron chi connectivity index (χ0n) is 17.8. The summed E-state index contributed by atoms with van der Waals surface area (Å²) in [6.07, 6.45) is 3.86. The zero-order chi connectivity index (χ0) is 22.6. The molecule has 0 radical (unpaired) electrons. The van der Waals surface area contributed by atoms with E-state index in [2.05, 4.69) is 15.3 Å². The molecule has 1 N–H and O–H groups in total. The average molecular weight is 457 g/mol. The number of carbonyl (C=O) groups is 1. The van der Waals surface area contributed by atoms with Gasteiger partial charge in [0.1, 0.15) is 23.8 Å². The van der Waals surface area contributed by atoms with Crippen molar-refractivity contribution in [1.82, 2.24) is 14.4 Å². The van der Waals surface area contributed by atoms with Gasteiger partial charge in [-0.2, -0.15) is 0 Å². The number of aromatic nitrogens is 3. The third-order valence-electron chi connectivity index (χ3n) is 5.00. The number of imidazole rings is 1. The van der Waals surface area contributed by atoms with Gasteiger partial charge in [-0.05, 0) is 42.5 Å². The largest absolute Gasteiger partial charge is 0.496 e. The van der Waals surface area contributed by atoms with E-state index in [1.165, 1.54) is 11.3 Å². The normalized spacial score (nSPS) is 10.8. The Hall–Kier alpha value is -4.17. The minimum Gasteiger partial charge on any atom is -0.496 e. The second-order valence-corrected chi connectivity index (χ2v) is 8.07. The van der Waals surface area contributed by atoms with E-state index in [1.807, 2.05) is 70.7 Å². The number of fused-ring (bicyclic) bond motifs is 1. The third kappa shape index (κ3) is 4.56. The van der Waals surface area contributed by atoms with Crippen LogP contribution in [0.5, 0.6) is 11.5 Å². The molecule has 0 fully saturated rings. The number of pyridine rings is 1. The van der Waals surface area contributed by atoms with Gasteiger partial charge >= 0.3 is 0 Å². The minimum absolute atomic E-state index is 0.255. The highest BCUT2D eigenvalue weighted by Crippen LogP contribution is 2.32. The van der Waals surface area contributed by atoms with Gasteiger partial charge in [0.15, 0.2) is 5.13 Å². The van der Waals surface area contributed by atoms with Crippen molar-refractivity contribution in [2.24, 2.45) is 0 Å². The van der Waals surface area contributed by atoms with Crippen LogP contribution in [0.3, 0.4) is 0 Å². The van der Waals surface area contributed by atoms with Gasteiger partial charge in [0, 0.05) is 28.9 Å².